The van der Waals surface area contributed by atoms with Crippen molar-refractivity contribution in [3.05, 3.63) is 82.1 Å². The molecule has 0 saturated heterocycles. The van der Waals surface area contributed by atoms with Gasteiger partial charge in [0.2, 0.25) is 11.8 Å². The molecule has 0 aliphatic rings. The zero-order valence-corrected chi connectivity index (χ0v) is 13.4. The number of nitrogens with two attached hydrogens (primary N) is 1. The normalized spacial score (nSPS) is 11.8. The van der Waals surface area contributed by atoms with E-state index in [0.717, 1.165) is 5.39 Å². The first-order valence-corrected chi connectivity index (χ1v) is 7.79. The second-order valence-corrected chi connectivity index (χ2v) is 5.70. The molecule has 25 heavy (non-hydrogen) atoms. The van der Waals surface area contributed by atoms with E-state index in [4.69, 9.17) is 5.73 Å². The lowest BCUT2D eigenvalue weighted by atomic mass is 10.1. The van der Waals surface area contributed by atoms with E-state index in [9.17, 15) is 14.4 Å². The van der Waals surface area contributed by atoms with Gasteiger partial charge in [0.05, 0.1) is 6.42 Å². The first-order valence-electron chi connectivity index (χ1n) is 7.79. The molecule has 0 unspecified atom stereocenters. The number of carbonyl (C=O) groups excluding carboxylic acids is 2. The van der Waals surface area contributed by atoms with Crippen LogP contribution in [0.4, 0.5) is 0 Å². The molecular formula is C19H17N3O3. The molecule has 2 amide bonds. The van der Waals surface area contributed by atoms with Crippen molar-refractivity contribution in [1.29, 1.82) is 0 Å². The molecule has 126 valence electrons. The largest absolute Gasteiger partial charge is 0.368 e. The molecule has 0 fully saturated rings. The van der Waals surface area contributed by atoms with Crippen molar-refractivity contribution in [1.82, 2.24) is 10.3 Å². The summed E-state index contributed by atoms with van der Waals surface area (Å²) in [5, 5.41) is 3.42. The van der Waals surface area contributed by atoms with Crippen LogP contribution in [0.3, 0.4) is 0 Å². The molecule has 0 radical (unpaired) electrons. The summed E-state index contributed by atoms with van der Waals surface area (Å²) in [7, 11) is 0. The number of amides is 2. The molecule has 0 aliphatic carbocycles. The number of H-pyrrole nitrogens is 1. The topological polar surface area (TPSA) is 105 Å². The van der Waals surface area contributed by atoms with Gasteiger partial charge in [0.25, 0.3) is 5.56 Å². The number of hydrogen-bond donors (Lipinski definition) is 3. The molecule has 2 aromatic carbocycles. The van der Waals surface area contributed by atoms with Gasteiger partial charge in [-0.25, -0.2) is 0 Å². The highest BCUT2D eigenvalue weighted by Gasteiger charge is 2.20. The molecule has 4 N–H and O–H groups in total. The number of primary amides is 1. The lowest BCUT2D eigenvalue weighted by Gasteiger charge is -2.15. The third-order valence-electron chi connectivity index (χ3n) is 3.90. The molecule has 0 bridgehead atoms. The van der Waals surface area contributed by atoms with Crippen molar-refractivity contribution < 1.29 is 9.59 Å². The zero-order valence-electron chi connectivity index (χ0n) is 13.4. The molecule has 3 rings (SSSR count). The van der Waals surface area contributed by atoms with Crippen molar-refractivity contribution in [3.8, 4) is 0 Å². The summed E-state index contributed by atoms with van der Waals surface area (Å²) in [6.07, 6.45) is -0.142. The van der Waals surface area contributed by atoms with Crippen molar-refractivity contribution >= 4 is 22.7 Å². The molecule has 6 heteroatoms. The predicted molar refractivity (Wildman–Crippen MR) is 94.8 cm³/mol. The minimum atomic E-state index is -0.937. The Labute approximate surface area is 143 Å². The number of para-hydroxylation sites is 1. The molecule has 0 aliphatic heterocycles. The maximum Gasteiger partial charge on any atom is 0.252 e. The van der Waals surface area contributed by atoms with Crippen molar-refractivity contribution in [2.45, 2.75) is 12.5 Å². The van der Waals surface area contributed by atoms with Crippen LogP contribution in [0.15, 0.2) is 65.5 Å². The third kappa shape index (κ3) is 3.74. The summed E-state index contributed by atoms with van der Waals surface area (Å²) in [5.74, 6) is -1.11. The van der Waals surface area contributed by atoms with Gasteiger partial charge in [0, 0.05) is 11.1 Å². The van der Waals surface area contributed by atoms with Crippen LogP contribution in [0.5, 0.6) is 0 Å². The maximum absolute atomic E-state index is 12.3. The predicted octanol–water partition coefficient (Wildman–Crippen LogP) is 1.41. The fourth-order valence-electron chi connectivity index (χ4n) is 2.67. The van der Waals surface area contributed by atoms with Crippen LogP contribution in [0.2, 0.25) is 0 Å². The van der Waals surface area contributed by atoms with E-state index in [1.54, 1.807) is 42.5 Å². The summed E-state index contributed by atoms with van der Waals surface area (Å²) in [6.45, 7) is 0. The number of rotatable bonds is 5. The third-order valence-corrected chi connectivity index (χ3v) is 3.90. The molecule has 6 nitrogen and oxygen atoms in total. The van der Waals surface area contributed by atoms with Crippen molar-refractivity contribution in [2.24, 2.45) is 5.73 Å². The van der Waals surface area contributed by atoms with Gasteiger partial charge in [0.15, 0.2) is 0 Å². The summed E-state index contributed by atoms with van der Waals surface area (Å²) < 4.78 is 0. The number of benzene rings is 2. The van der Waals surface area contributed by atoms with E-state index in [1.165, 1.54) is 0 Å². The van der Waals surface area contributed by atoms with Crippen LogP contribution < -0.4 is 16.6 Å². The number of fused-ring (bicyclic) bond motifs is 1. The van der Waals surface area contributed by atoms with Gasteiger partial charge in [-0.3, -0.25) is 14.4 Å². The number of nitrogens with one attached hydrogen (secondary N) is 2. The number of aromatic amines is 1. The molecule has 1 atom stereocenters. The Morgan fingerprint density at radius 3 is 2.44 bits per heavy atom. The maximum atomic E-state index is 12.3. The Kier molecular flexibility index (Phi) is 4.61. The minimum Gasteiger partial charge on any atom is -0.368 e. The Bertz CT molecular complexity index is 980. The highest BCUT2D eigenvalue weighted by atomic mass is 16.2. The number of pyridine rings is 1. The number of hydrogen-bond acceptors (Lipinski definition) is 3. The van der Waals surface area contributed by atoms with E-state index in [-0.39, 0.29) is 12.0 Å². The van der Waals surface area contributed by atoms with Crippen molar-refractivity contribution in [2.75, 3.05) is 0 Å². The van der Waals surface area contributed by atoms with Gasteiger partial charge in [-0.15, -0.1) is 0 Å². The quantitative estimate of drug-likeness (QED) is 0.656. The molecule has 0 spiro atoms. The minimum absolute atomic E-state index is 0.142. The highest BCUT2D eigenvalue weighted by Crippen LogP contribution is 2.13. The lowest BCUT2D eigenvalue weighted by Crippen LogP contribution is -2.38. The molecule has 0 saturated carbocycles. The van der Waals surface area contributed by atoms with E-state index in [0.29, 0.717) is 16.6 Å². The summed E-state index contributed by atoms with van der Waals surface area (Å²) in [6, 6.07) is 16.8. The van der Waals surface area contributed by atoms with E-state index in [1.807, 2.05) is 18.2 Å². The SMILES string of the molecule is NC(=O)[C@H](NC(=O)Cc1cc2ccccc2[nH]c1=O)c1ccccc1. The van der Waals surface area contributed by atoms with Gasteiger partial charge >= 0.3 is 0 Å². The molecule has 1 aromatic heterocycles. The zero-order chi connectivity index (χ0) is 17.8. The van der Waals surface area contributed by atoms with E-state index in [2.05, 4.69) is 10.3 Å². The van der Waals surface area contributed by atoms with Gasteiger partial charge < -0.3 is 16.0 Å². The Balaban J connectivity index is 1.81. The molecule has 3 aromatic rings. The van der Waals surface area contributed by atoms with Crippen LogP contribution >= 0.6 is 0 Å². The molecular weight excluding hydrogens is 318 g/mol. The second kappa shape index (κ2) is 7.00. The Morgan fingerprint density at radius 2 is 1.72 bits per heavy atom. The first kappa shape index (κ1) is 16.4. The smallest absolute Gasteiger partial charge is 0.252 e. The first-order chi connectivity index (χ1) is 12.0. The monoisotopic (exact) mass is 335 g/mol. The van der Waals surface area contributed by atoms with Crippen molar-refractivity contribution in [3.63, 3.8) is 0 Å². The Hall–Kier alpha value is -3.41. The van der Waals surface area contributed by atoms with Crippen LogP contribution in [0.1, 0.15) is 17.2 Å². The van der Waals surface area contributed by atoms with Gasteiger partial charge in [0.1, 0.15) is 6.04 Å². The fraction of sp³-hybridized carbons (Fsp3) is 0.105. The van der Waals surface area contributed by atoms with E-state index >= 15 is 0 Å². The van der Waals surface area contributed by atoms with Gasteiger partial charge in [-0.1, -0.05) is 48.5 Å². The van der Waals surface area contributed by atoms with Crippen LogP contribution in [-0.4, -0.2) is 16.8 Å². The van der Waals surface area contributed by atoms with Crippen LogP contribution in [-0.2, 0) is 16.0 Å². The van der Waals surface area contributed by atoms with E-state index < -0.39 is 17.9 Å². The summed E-state index contributed by atoms with van der Waals surface area (Å²) in [4.78, 5) is 38.9. The standard InChI is InChI=1S/C19H17N3O3/c20-18(24)17(12-6-2-1-3-7-12)22-16(23)11-14-10-13-8-4-5-9-15(13)21-19(14)25/h1-10,17H,11H2,(H2,20,24)(H,21,25)(H,22,23)/t17-/m1/s1. The van der Waals surface area contributed by atoms with Gasteiger partial charge in [-0.05, 0) is 23.1 Å². The molecule has 1 heterocycles. The van der Waals surface area contributed by atoms with Gasteiger partial charge in [-0.2, -0.15) is 0 Å². The Morgan fingerprint density at radius 1 is 1.04 bits per heavy atom. The lowest BCUT2D eigenvalue weighted by molar-refractivity contribution is -0.127. The second-order valence-electron chi connectivity index (χ2n) is 5.70. The fourth-order valence-corrected chi connectivity index (χ4v) is 2.67. The summed E-state index contributed by atoms with van der Waals surface area (Å²) >= 11 is 0. The van der Waals surface area contributed by atoms with Crippen LogP contribution in [0.25, 0.3) is 10.9 Å². The van der Waals surface area contributed by atoms with Crippen LogP contribution in [0, 0.1) is 0 Å². The number of carbonyl (C=O) groups is 2. The average molecular weight is 335 g/mol. The number of aromatic nitrogens is 1. The highest BCUT2D eigenvalue weighted by molar-refractivity contribution is 5.89. The summed E-state index contributed by atoms with van der Waals surface area (Å²) in [5.41, 5.74) is 6.69. The average Bonchev–Trinajstić information content (AvgIpc) is 2.61.